The van der Waals surface area contributed by atoms with E-state index in [1.165, 1.54) is 12.5 Å². The van der Waals surface area contributed by atoms with Crippen LogP contribution in [0.3, 0.4) is 0 Å². The molecule has 204 valence electrons. The van der Waals surface area contributed by atoms with E-state index in [2.05, 4.69) is 25.6 Å². The molecule has 2 heterocycles. The fourth-order valence-corrected chi connectivity index (χ4v) is 3.94. The number of carbonyl (C=O) groups is 5. The van der Waals surface area contributed by atoms with E-state index in [0.717, 1.165) is 4.90 Å². The Labute approximate surface area is 212 Å². The molecular formula is C21H34N10O6. The summed E-state index contributed by atoms with van der Waals surface area (Å²) in [4.78, 5) is 73.7. The Morgan fingerprint density at radius 2 is 1.86 bits per heavy atom. The Balaban J connectivity index is 2.15. The number of aromatic amines is 1. The van der Waals surface area contributed by atoms with Crippen LogP contribution in [0.4, 0.5) is 0 Å². The van der Waals surface area contributed by atoms with Crippen LogP contribution in [0, 0.1) is 0 Å². The molecule has 0 saturated carbocycles. The third-order valence-electron chi connectivity index (χ3n) is 5.75. The van der Waals surface area contributed by atoms with Gasteiger partial charge in [-0.25, -0.2) is 9.78 Å². The summed E-state index contributed by atoms with van der Waals surface area (Å²) in [7, 11) is 0. The summed E-state index contributed by atoms with van der Waals surface area (Å²) in [5, 5.41) is 14.4. The summed E-state index contributed by atoms with van der Waals surface area (Å²) in [5.74, 6) is -4.38. The Morgan fingerprint density at radius 3 is 2.46 bits per heavy atom. The third-order valence-corrected chi connectivity index (χ3v) is 5.75. The van der Waals surface area contributed by atoms with Gasteiger partial charge in [-0.05, 0) is 25.7 Å². The Kier molecular flexibility index (Phi) is 10.8. The van der Waals surface area contributed by atoms with Gasteiger partial charge >= 0.3 is 5.97 Å². The number of aliphatic carboxylic acids is 1. The minimum absolute atomic E-state index is 0.0735. The topological polar surface area (TPSA) is 278 Å². The number of aliphatic imine (C=N–C) groups is 1. The van der Waals surface area contributed by atoms with Crippen LogP contribution in [-0.2, 0) is 30.4 Å². The summed E-state index contributed by atoms with van der Waals surface area (Å²) >= 11 is 0. The van der Waals surface area contributed by atoms with Crippen molar-refractivity contribution in [2.24, 2.45) is 27.9 Å². The minimum atomic E-state index is -1.42. The number of primary amides is 1. The molecule has 16 nitrogen and oxygen atoms in total. The summed E-state index contributed by atoms with van der Waals surface area (Å²) in [6.45, 7) is 0.321. The molecule has 2 rings (SSSR count). The number of nitrogens with zero attached hydrogens (tertiary/aromatic N) is 3. The molecule has 0 aliphatic carbocycles. The molecule has 0 radical (unpaired) electrons. The molecule has 0 bridgehead atoms. The van der Waals surface area contributed by atoms with Crippen molar-refractivity contribution in [1.82, 2.24) is 25.5 Å². The van der Waals surface area contributed by atoms with Crippen molar-refractivity contribution >= 4 is 35.6 Å². The van der Waals surface area contributed by atoms with Crippen LogP contribution in [0.1, 0.15) is 37.8 Å². The number of hydrogen-bond acceptors (Lipinski definition) is 8. The smallest absolute Gasteiger partial charge is 0.326 e. The first-order valence-electron chi connectivity index (χ1n) is 11.7. The van der Waals surface area contributed by atoms with Crippen molar-refractivity contribution in [3.8, 4) is 0 Å². The lowest BCUT2D eigenvalue weighted by atomic mass is 10.1. The molecule has 37 heavy (non-hydrogen) atoms. The van der Waals surface area contributed by atoms with Crippen molar-refractivity contribution in [1.29, 1.82) is 0 Å². The second kappa shape index (κ2) is 13.8. The molecule has 4 amide bonds. The zero-order chi connectivity index (χ0) is 27.5. The second-order valence-corrected chi connectivity index (χ2v) is 8.66. The predicted octanol–water partition coefficient (Wildman–Crippen LogP) is -3.75. The van der Waals surface area contributed by atoms with Crippen LogP contribution >= 0.6 is 0 Å². The van der Waals surface area contributed by atoms with Gasteiger partial charge < -0.3 is 48.6 Å². The van der Waals surface area contributed by atoms with Gasteiger partial charge in [-0.2, -0.15) is 0 Å². The average molecular weight is 523 g/mol. The first-order valence-corrected chi connectivity index (χ1v) is 11.7. The number of nitrogens with one attached hydrogen (secondary N) is 3. The molecule has 1 aromatic heterocycles. The second-order valence-electron chi connectivity index (χ2n) is 8.66. The Morgan fingerprint density at radius 1 is 1.16 bits per heavy atom. The summed E-state index contributed by atoms with van der Waals surface area (Å²) in [6.07, 6.45) is 3.58. The molecule has 16 heteroatoms. The molecular weight excluding hydrogens is 488 g/mol. The van der Waals surface area contributed by atoms with Crippen LogP contribution in [-0.4, -0.2) is 92.8 Å². The molecule has 4 atom stereocenters. The molecule has 1 fully saturated rings. The van der Waals surface area contributed by atoms with E-state index >= 15 is 0 Å². The fraction of sp³-hybridized carbons (Fsp3) is 0.571. The van der Waals surface area contributed by atoms with Gasteiger partial charge in [0.05, 0.1) is 18.8 Å². The molecule has 1 aliphatic rings. The Hall–Kier alpha value is -4.21. The van der Waals surface area contributed by atoms with Gasteiger partial charge in [-0.1, -0.05) is 0 Å². The van der Waals surface area contributed by atoms with Crippen molar-refractivity contribution in [3.05, 3.63) is 18.2 Å². The molecule has 0 aromatic carbocycles. The number of H-pyrrole nitrogens is 1. The van der Waals surface area contributed by atoms with Gasteiger partial charge in [0.15, 0.2) is 5.96 Å². The molecule has 12 N–H and O–H groups in total. The summed E-state index contributed by atoms with van der Waals surface area (Å²) in [6, 6.07) is -4.67. The minimum Gasteiger partial charge on any atom is -0.480 e. The number of guanidine groups is 1. The number of carboxylic acids is 1. The number of hydrogen-bond donors (Lipinski definition) is 8. The van der Waals surface area contributed by atoms with Crippen LogP contribution in [0.2, 0.25) is 0 Å². The molecule has 1 aromatic rings. The van der Waals surface area contributed by atoms with Gasteiger partial charge in [0.2, 0.25) is 23.6 Å². The first-order chi connectivity index (χ1) is 17.5. The number of rotatable bonds is 14. The molecule has 1 aliphatic heterocycles. The molecule has 4 unspecified atom stereocenters. The maximum absolute atomic E-state index is 13.2. The quantitative estimate of drug-likeness (QED) is 0.0671. The maximum Gasteiger partial charge on any atom is 0.326 e. The molecule has 1 saturated heterocycles. The van der Waals surface area contributed by atoms with Crippen molar-refractivity contribution in [2.45, 2.75) is 62.7 Å². The van der Waals surface area contributed by atoms with Crippen LogP contribution < -0.4 is 33.6 Å². The number of aromatic nitrogens is 2. The highest BCUT2D eigenvalue weighted by molar-refractivity contribution is 5.96. The van der Waals surface area contributed by atoms with E-state index in [0.29, 0.717) is 12.1 Å². The lowest BCUT2D eigenvalue weighted by Gasteiger charge is -2.28. The van der Waals surface area contributed by atoms with Gasteiger partial charge in [-0.15, -0.1) is 0 Å². The summed E-state index contributed by atoms with van der Waals surface area (Å²) in [5.41, 5.74) is 22.5. The van der Waals surface area contributed by atoms with E-state index in [-0.39, 0.29) is 44.7 Å². The number of amides is 4. The predicted molar refractivity (Wildman–Crippen MR) is 130 cm³/mol. The zero-order valence-electron chi connectivity index (χ0n) is 20.3. The van der Waals surface area contributed by atoms with E-state index in [4.69, 9.17) is 22.9 Å². The van der Waals surface area contributed by atoms with Crippen molar-refractivity contribution in [3.63, 3.8) is 0 Å². The number of imidazole rings is 1. The number of carboxylic acid groups (broad SMARTS) is 1. The zero-order valence-corrected chi connectivity index (χ0v) is 20.3. The van der Waals surface area contributed by atoms with Crippen LogP contribution in [0.5, 0.6) is 0 Å². The number of likely N-dealkylation sites (tertiary alicyclic amines) is 1. The van der Waals surface area contributed by atoms with Gasteiger partial charge in [-0.3, -0.25) is 24.2 Å². The normalized spacial score (nSPS) is 17.3. The lowest BCUT2D eigenvalue weighted by molar-refractivity contribution is -0.149. The van der Waals surface area contributed by atoms with E-state index < -0.39 is 60.2 Å². The van der Waals surface area contributed by atoms with E-state index in [1.807, 2.05) is 0 Å². The number of carbonyl (C=O) groups excluding carboxylic acids is 4. The third kappa shape index (κ3) is 9.06. The monoisotopic (exact) mass is 522 g/mol. The van der Waals surface area contributed by atoms with Gasteiger partial charge in [0.25, 0.3) is 0 Å². The standard InChI is InChI=1S/C21H34N10O6/c22-12(7-11-9-26-10-28-11)17(33)29-13(3-1-5-27-21(24)25)18(34)30-14(8-16(23)32)19(35)31-6-2-4-15(31)20(36)37/h9-10,12-15H,1-8,22H2,(H2,23,32)(H,26,28)(H,29,33)(H,30,34)(H,36,37)(H4,24,25,27). The first kappa shape index (κ1) is 29.0. The fourth-order valence-electron chi connectivity index (χ4n) is 3.94. The largest absolute Gasteiger partial charge is 0.480 e. The average Bonchev–Trinajstić information content (AvgIpc) is 3.51. The van der Waals surface area contributed by atoms with Crippen molar-refractivity contribution in [2.75, 3.05) is 13.1 Å². The summed E-state index contributed by atoms with van der Waals surface area (Å²) < 4.78 is 0. The molecule has 0 spiro atoms. The van der Waals surface area contributed by atoms with Crippen molar-refractivity contribution < 1.29 is 29.1 Å². The van der Waals surface area contributed by atoms with E-state index in [9.17, 15) is 29.1 Å². The maximum atomic E-state index is 13.2. The van der Waals surface area contributed by atoms with Crippen LogP contribution in [0.15, 0.2) is 17.5 Å². The highest BCUT2D eigenvalue weighted by atomic mass is 16.4. The SMILES string of the molecule is NC(=O)CC(NC(=O)C(CCCN=C(N)N)NC(=O)C(N)Cc1cnc[nH]1)C(=O)N1CCCC1C(=O)O. The van der Waals surface area contributed by atoms with Crippen LogP contribution in [0.25, 0.3) is 0 Å². The lowest BCUT2D eigenvalue weighted by Crippen LogP contribution is -2.58. The van der Waals surface area contributed by atoms with Gasteiger partial charge in [0.1, 0.15) is 18.1 Å². The highest BCUT2D eigenvalue weighted by Crippen LogP contribution is 2.19. The highest BCUT2D eigenvalue weighted by Gasteiger charge is 2.39. The van der Waals surface area contributed by atoms with E-state index in [1.54, 1.807) is 0 Å². The Bertz CT molecular complexity index is 994. The number of nitrogens with two attached hydrogens (primary N) is 4. The van der Waals surface area contributed by atoms with Gasteiger partial charge in [0, 0.05) is 31.4 Å².